The number of hydrogen-bond donors (Lipinski definition) is 1. The zero-order chi connectivity index (χ0) is 17.3. The molecule has 0 saturated carbocycles. The SMILES string of the molecule is c1ccn2ncc(CNc3cnn(Cc4nnc5n4CCCC5)c3)c2c1. The Kier molecular flexibility index (Phi) is 3.66. The van der Waals surface area contributed by atoms with E-state index in [0.717, 1.165) is 41.4 Å². The molecule has 5 rings (SSSR count). The first-order chi connectivity index (χ1) is 12.9. The van der Waals surface area contributed by atoms with Crippen LogP contribution in [0.3, 0.4) is 0 Å². The van der Waals surface area contributed by atoms with Crippen molar-refractivity contribution >= 4 is 11.2 Å². The lowest BCUT2D eigenvalue weighted by molar-refractivity contribution is 0.496. The fraction of sp³-hybridized carbons (Fsp3) is 0.333. The molecule has 5 heterocycles. The average Bonchev–Trinajstić information content (AvgIpc) is 3.40. The lowest BCUT2D eigenvalue weighted by atomic mass is 10.2. The molecule has 132 valence electrons. The van der Waals surface area contributed by atoms with Crippen molar-refractivity contribution in [1.29, 1.82) is 0 Å². The first-order valence-electron chi connectivity index (χ1n) is 8.95. The first-order valence-corrected chi connectivity index (χ1v) is 8.95. The molecule has 1 N–H and O–H groups in total. The Labute approximate surface area is 150 Å². The fourth-order valence-electron chi connectivity index (χ4n) is 3.49. The van der Waals surface area contributed by atoms with Gasteiger partial charge in [0.1, 0.15) is 12.4 Å². The minimum atomic E-state index is 0.644. The van der Waals surface area contributed by atoms with Crippen molar-refractivity contribution in [2.24, 2.45) is 0 Å². The third kappa shape index (κ3) is 2.73. The van der Waals surface area contributed by atoms with Gasteiger partial charge in [-0.2, -0.15) is 10.2 Å². The average molecular weight is 348 g/mol. The van der Waals surface area contributed by atoms with Gasteiger partial charge in [0.2, 0.25) is 0 Å². The molecule has 1 aliphatic heterocycles. The lowest BCUT2D eigenvalue weighted by Crippen LogP contribution is -2.15. The van der Waals surface area contributed by atoms with Gasteiger partial charge in [0.15, 0.2) is 5.82 Å². The van der Waals surface area contributed by atoms with Crippen LogP contribution in [0.4, 0.5) is 5.69 Å². The van der Waals surface area contributed by atoms with Crippen LogP contribution in [-0.2, 0) is 26.1 Å². The van der Waals surface area contributed by atoms with Crippen LogP contribution in [0.5, 0.6) is 0 Å². The Bertz CT molecular complexity index is 1040. The van der Waals surface area contributed by atoms with E-state index in [9.17, 15) is 0 Å². The molecule has 4 aromatic heterocycles. The van der Waals surface area contributed by atoms with E-state index in [1.165, 1.54) is 12.8 Å². The molecule has 0 spiro atoms. The summed E-state index contributed by atoms with van der Waals surface area (Å²) in [4.78, 5) is 0. The highest BCUT2D eigenvalue weighted by molar-refractivity contribution is 5.55. The van der Waals surface area contributed by atoms with Crippen molar-refractivity contribution in [3.63, 3.8) is 0 Å². The summed E-state index contributed by atoms with van der Waals surface area (Å²) in [7, 11) is 0. The molecule has 0 unspecified atom stereocenters. The maximum Gasteiger partial charge on any atom is 0.154 e. The molecule has 8 heteroatoms. The van der Waals surface area contributed by atoms with E-state index in [1.54, 1.807) is 0 Å². The first kappa shape index (κ1) is 15.1. The molecular formula is C18H20N8. The highest BCUT2D eigenvalue weighted by Crippen LogP contribution is 2.16. The Hall–Kier alpha value is -3.16. The fourth-order valence-corrected chi connectivity index (χ4v) is 3.49. The molecule has 4 aromatic rings. The Morgan fingerprint density at radius 3 is 3.08 bits per heavy atom. The smallest absolute Gasteiger partial charge is 0.154 e. The van der Waals surface area contributed by atoms with E-state index < -0.39 is 0 Å². The number of hydrogen-bond acceptors (Lipinski definition) is 5. The van der Waals surface area contributed by atoms with Crippen LogP contribution in [0.1, 0.15) is 30.1 Å². The highest BCUT2D eigenvalue weighted by atomic mass is 15.3. The summed E-state index contributed by atoms with van der Waals surface area (Å²) in [5.41, 5.74) is 3.26. The number of pyridine rings is 1. The summed E-state index contributed by atoms with van der Waals surface area (Å²) in [5.74, 6) is 2.09. The van der Waals surface area contributed by atoms with Gasteiger partial charge in [0.25, 0.3) is 0 Å². The van der Waals surface area contributed by atoms with E-state index in [0.29, 0.717) is 13.1 Å². The van der Waals surface area contributed by atoms with E-state index in [4.69, 9.17) is 0 Å². The molecule has 0 aromatic carbocycles. The molecule has 0 saturated heterocycles. The molecule has 0 radical (unpaired) electrons. The van der Waals surface area contributed by atoms with Crippen molar-refractivity contribution in [3.8, 4) is 0 Å². The summed E-state index contributed by atoms with van der Waals surface area (Å²) < 4.78 is 6.02. The van der Waals surface area contributed by atoms with Crippen molar-refractivity contribution in [2.45, 2.75) is 38.9 Å². The number of aryl methyl sites for hydroxylation is 1. The zero-order valence-electron chi connectivity index (χ0n) is 14.4. The second kappa shape index (κ2) is 6.29. The van der Waals surface area contributed by atoms with Crippen LogP contribution in [0, 0.1) is 0 Å². The van der Waals surface area contributed by atoms with Crippen molar-refractivity contribution < 1.29 is 0 Å². The number of nitrogens with one attached hydrogen (secondary N) is 1. The second-order valence-corrected chi connectivity index (χ2v) is 6.62. The lowest BCUT2D eigenvalue weighted by Gasteiger charge is -2.14. The topological polar surface area (TPSA) is 77.9 Å². The minimum Gasteiger partial charge on any atom is -0.378 e. The summed E-state index contributed by atoms with van der Waals surface area (Å²) in [6, 6.07) is 6.07. The van der Waals surface area contributed by atoms with Crippen LogP contribution >= 0.6 is 0 Å². The molecule has 26 heavy (non-hydrogen) atoms. The van der Waals surface area contributed by atoms with Crippen LogP contribution in [0.15, 0.2) is 43.0 Å². The largest absolute Gasteiger partial charge is 0.378 e. The number of fused-ring (bicyclic) bond motifs is 2. The predicted molar refractivity (Wildman–Crippen MR) is 96.8 cm³/mol. The van der Waals surface area contributed by atoms with Crippen molar-refractivity contribution in [2.75, 3.05) is 5.32 Å². The molecule has 0 amide bonds. The Balaban J connectivity index is 1.28. The van der Waals surface area contributed by atoms with Gasteiger partial charge in [-0.3, -0.25) is 4.68 Å². The maximum atomic E-state index is 4.45. The third-order valence-corrected chi connectivity index (χ3v) is 4.86. The Morgan fingerprint density at radius 1 is 1.08 bits per heavy atom. The zero-order valence-corrected chi connectivity index (χ0v) is 14.4. The van der Waals surface area contributed by atoms with Crippen LogP contribution in [0.2, 0.25) is 0 Å². The van der Waals surface area contributed by atoms with E-state index in [1.807, 2.05) is 46.1 Å². The monoisotopic (exact) mass is 348 g/mol. The van der Waals surface area contributed by atoms with Gasteiger partial charge >= 0.3 is 0 Å². The van der Waals surface area contributed by atoms with Gasteiger partial charge in [0.05, 0.1) is 23.6 Å². The van der Waals surface area contributed by atoms with Gasteiger partial charge in [-0.15, -0.1) is 10.2 Å². The quantitative estimate of drug-likeness (QED) is 0.598. The van der Waals surface area contributed by atoms with E-state index in [2.05, 4.69) is 36.3 Å². The van der Waals surface area contributed by atoms with E-state index in [-0.39, 0.29) is 0 Å². The van der Waals surface area contributed by atoms with Crippen molar-refractivity contribution in [1.82, 2.24) is 34.2 Å². The molecule has 0 fully saturated rings. The molecule has 0 bridgehead atoms. The van der Waals surface area contributed by atoms with Crippen LogP contribution in [0.25, 0.3) is 5.52 Å². The highest BCUT2D eigenvalue weighted by Gasteiger charge is 2.16. The molecule has 0 atom stereocenters. The molecule has 8 nitrogen and oxygen atoms in total. The number of rotatable bonds is 5. The summed E-state index contributed by atoms with van der Waals surface area (Å²) in [5, 5.41) is 20.9. The minimum absolute atomic E-state index is 0.644. The van der Waals surface area contributed by atoms with Gasteiger partial charge in [-0.25, -0.2) is 4.52 Å². The molecule has 0 aliphatic carbocycles. The second-order valence-electron chi connectivity index (χ2n) is 6.62. The standard InChI is InChI=1S/C18H20N8/c1-4-8-26-16(5-1)14(10-21-26)9-19-15-11-20-24(12-15)13-18-23-22-17-6-2-3-7-25(17)18/h1,4-5,8,10-12,19H,2-3,6-7,9,13H2. The van der Waals surface area contributed by atoms with Crippen molar-refractivity contribution in [3.05, 3.63) is 60.2 Å². The molecular weight excluding hydrogens is 328 g/mol. The third-order valence-electron chi connectivity index (χ3n) is 4.86. The van der Waals surface area contributed by atoms with Gasteiger partial charge in [-0.05, 0) is 25.0 Å². The van der Waals surface area contributed by atoms with Gasteiger partial charge in [-0.1, -0.05) is 6.07 Å². The number of aromatic nitrogens is 7. The summed E-state index contributed by atoms with van der Waals surface area (Å²) in [6.45, 7) is 2.36. The Morgan fingerprint density at radius 2 is 2.08 bits per heavy atom. The van der Waals surface area contributed by atoms with Crippen LogP contribution in [-0.4, -0.2) is 34.2 Å². The van der Waals surface area contributed by atoms with Gasteiger partial charge < -0.3 is 9.88 Å². The maximum absolute atomic E-state index is 4.45. The van der Waals surface area contributed by atoms with Crippen LogP contribution < -0.4 is 5.32 Å². The normalized spacial score (nSPS) is 13.8. The number of anilines is 1. The summed E-state index contributed by atoms with van der Waals surface area (Å²) >= 11 is 0. The molecule has 1 aliphatic rings. The van der Waals surface area contributed by atoms with Gasteiger partial charge in [0, 0.05) is 37.5 Å². The van der Waals surface area contributed by atoms with E-state index >= 15 is 0 Å². The number of nitrogens with zero attached hydrogens (tertiary/aromatic N) is 7. The summed E-state index contributed by atoms with van der Waals surface area (Å²) in [6.07, 6.45) is 11.1. The predicted octanol–water partition coefficient (Wildman–Crippen LogP) is 2.12.